The van der Waals surface area contributed by atoms with Crippen molar-refractivity contribution in [3.8, 4) is 11.4 Å². The number of aromatic amines is 1. The third-order valence-electron chi connectivity index (χ3n) is 4.21. The summed E-state index contributed by atoms with van der Waals surface area (Å²) >= 11 is 0. The van der Waals surface area contributed by atoms with Crippen LogP contribution in [0.15, 0.2) is 41.8 Å². The van der Waals surface area contributed by atoms with Gasteiger partial charge in [-0.1, -0.05) is 6.07 Å². The van der Waals surface area contributed by atoms with Gasteiger partial charge in [0, 0.05) is 50.2 Å². The largest absolute Gasteiger partial charge is 0.306 e. The Morgan fingerprint density at radius 1 is 1.28 bits per heavy atom. The van der Waals surface area contributed by atoms with Crippen LogP contribution in [-0.2, 0) is 19.5 Å². The summed E-state index contributed by atoms with van der Waals surface area (Å²) in [5.74, 6) is -0.00383. The minimum Gasteiger partial charge on any atom is -0.306 e. The fourth-order valence-electron chi connectivity index (χ4n) is 2.95. The molecule has 4 heterocycles. The number of aromatic nitrogens is 5. The summed E-state index contributed by atoms with van der Waals surface area (Å²) in [7, 11) is 0. The van der Waals surface area contributed by atoms with Gasteiger partial charge >= 0.3 is 0 Å². The molecule has 0 aromatic carbocycles. The van der Waals surface area contributed by atoms with Gasteiger partial charge in [0.05, 0.1) is 16.8 Å². The Bertz CT molecular complexity index is 959. The highest BCUT2D eigenvalue weighted by Crippen LogP contribution is 2.19. The van der Waals surface area contributed by atoms with Crippen molar-refractivity contribution in [3.05, 3.63) is 70.2 Å². The molecule has 1 N–H and O–H groups in total. The van der Waals surface area contributed by atoms with Crippen LogP contribution in [0.3, 0.4) is 0 Å². The number of nitrogens with one attached hydrogen (secondary N) is 1. The van der Waals surface area contributed by atoms with E-state index < -0.39 is 5.95 Å². The molecule has 0 saturated heterocycles. The zero-order valence-corrected chi connectivity index (χ0v) is 13.3. The number of hydrogen-bond acceptors (Lipinski definition) is 6. The SMILES string of the molecule is O=c1[nH]c(-c2cncnc2)nc2c1CN(Cc1cccnc1F)CC2. The van der Waals surface area contributed by atoms with Crippen LogP contribution in [0.2, 0.25) is 0 Å². The fourth-order valence-corrected chi connectivity index (χ4v) is 2.95. The molecule has 25 heavy (non-hydrogen) atoms. The number of pyridine rings is 1. The van der Waals surface area contributed by atoms with Crippen molar-refractivity contribution >= 4 is 0 Å². The third kappa shape index (κ3) is 3.16. The number of rotatable bonds is 3. The van der Waals surface area contributed by atoms with Gasteiger partial charge in [0.1, 0.15) is 12.2 Å². The van der Waals surface area contributed by atoms with Gasteiger partial charge in [-0.2, -0.15) is 4.39 Å². The molecule has 0 spiro atoms. The molecule has 0 amide bonds. The highest BCUT2D eigenvalue weighted by molar-refractivity contribution is 5.52. The molecule has 3 aromatic heterocycles. The molecule has 0 bridgehead atoms. The number of nitrogens with zero attached hydrogens (tertiary/aromatic N) is 5. The van der Waals surface area contributed by atoms with Crippen molar-refractivity contribution in [1.29, 1.82) is 0 Å². The van der Waals surface area contributed by atoms with Crippen molar-refractivity contribution in [3.63, 3.8) is 0 Å². The quantitative estimate of drug-likeness (QED) is 0.725. The molecule has 0 fully saturated rings. The van der Waals surface area contributed by atoms with Crippen molar-refractivity contribution in [2.45, 2.75) is 19.5 Å². The molecule has 0 saturated carbocycles. The first-order valence-electron chi connectivity index (χ1n) is 7.90. The number of halogens is 1. The lowest BCUT2D eigenvalue weighted by Gasteiger charge is -2.27. The number of hydrogen-bond donors (Lipinski definition) is 1. The topological polar surface area (TPSA) is 87.7 Å². The lowest BCUT2D eigenvalue weighted by Crippen LogP contribution is -2.35. The van der Waals surface area contributed by atoms with Crippen LogP contribution in [0.4, 0.5) is 4.39 Å². The van der Waals surface area contributed by atoms with Crippen LogP contribution in [0.25, 0.3) is 11.4 Å². The van der Waals surface area contributed by atoms with Gasteiger partial charge in [-0.3, -0.25) is 9.69 Å². The Kier molecular flexibility index (Phi) is 4.02. The Labute approximate surface area is 142 Å². The minimum absolute atomic E-state index is 0.180. The van der Waals surface area contributed by atoms with Crippen LogP contribution in [-0.4, -0.2) is 36.4 Å². The van der Waals surface area contributed by atoms with Gasteiger partial charge in [0.25, 0.3) is 5.56 Å². The zero-order chi connectivity index (χ0) is 17.2. The summed E-state index contributed by atoms with van der Waals surface area (Å²) in [6.45, 7) is 1.53. The van der Waals surface area contributed by atoms with Crippen molar-refractivity contribution in [2.75, 3.05) is 6.54 Å². The van der Waals surface area contributed by atoms with E-state index in [0.29, 0.717) is 48.6 Å². The van der Waals surface area contributed by atoms with Gasteiger partial charge in [0.2, 0.25) is 5.95 Å². The fraction of sp³-hybridized carbons (Fsp3) is 0.235. The maximum Gasteiger partial charge on any atom is 0.255 e. The first-order valence-corrected chi connectivity index (χ1v) is 7.90. The molecule has 0 atom stereocenters. The summed E-state index contributed by atoms with van der Waals surface area (Å²) in [6.07, 6.45) is 6.70. The Balaban J connectivity index is 1.60. The Hall–Kier alpha value is -3.00. The minimum atomic E-state index is -0.472. The first kappa shape index (κ1) is 15.5. The lowest BCUT2D eigenvalue weighted by atomic mass is 10.1. The molecule has 4 rings (SSSR count). The predicted octanol–water partition coefficient (Wildman–Crippen LogP) is 1.32. The standard InChI is InChI=1S/C17H15FN6O/c18-15-11(2-1-4-21-15)8-24-5-3-14-13(9-24)17(25)23-16(22-14)12-6-19-10-20-7-12/h1-2,4,6-7,10H,3,5,8-9H2,(H,22,23,25). The van der Waals surface area contributed by atoms with E-state index in [4.69, 9.17) is 0 Å². The Morgan fingerprint density at radius 2 is 2.12 bits per heavy atom. The van der Waals surface area contributed by atoms with Crippen LogP contribution < -0.4 is 5.56 Å². The highest BCUT2D eigenvalue weighted by Gasteiger charge is 2.22. The van der Waals surface area contributed by atoms with Gasteiger partial charge in [0.15, 0.2) is 0 Å². The number of fused-ring (bicyclic) bond motifs is 1. The van der Waals surface area contributed by atoms with E-state index in [1.807, 2.05) is 4.90 Å². The molecule has 8 heteroatoms. The monoisotopic (exact) mass is 338 g/mol. The average Bonchev–Trinajstić information content (AvgIpc) is 2.65. The van der Waals surface area contributed by atoms with Crippen molar-refractivity contribution in [1.82, 2.24) is 29.8 Å². The lowest BCUT2D eigenvalue weighted by molar-refractivity contribution is 0.237. The van der Waals surface area contributed by atoms with E-state index in [-0.39, 0.29) is 5.56 Å². The summed E-state index contributed by atoms with van der Waals surface area (Å²) in [6, 6.07) is 3.41. The highest BCUT2D eigenvalue weighted by atomic mass is 19.1. The maximum absolute atomic E-state index is 13.7. The molecule has 126 valence electrons. The van der Waals surface area contributed by atoms with Crippen LogP contribution in [0.5, 0.6) is 0 Å². The normalized spacial score (nSPS) is 14.3. The van der Waals surface area contributed by atoms with E-state index in [1.54, 1.807) is 24.5 Å². The van der Waals surface area contributed by atoms with Crippen molar-refractivity contribution < 1.29 is 4.39 Å². The maximum atomic E-state index is 13.7. The first-order chi connectivity index (χ1) is 12.2. The Morgan fingerprint density at radius 3 is 2.92 bits per heavy atom. The zero-order valence-electron chi connectivity index (χ0n) is 13.3. The molecule has 0 unspecified atom stereocenters. The smallest absolute Gasteiger partial charge is 0.255 e. The number of H-pyrrole nitrogens is 1. The van der Waals surface area contributed by atoms with E-state index in [2.05, 4.69) is 24.9 Å². The second-order valence-corrected chi connectivity index (χ2v) is 5.88. The van der Waals surface area contributed by atoms with E-state index in [0.717, 1.165) is 5.69 Å². The van der Waals surface area contributed by atoms with E-state index in [9.17, 15) is 9.18 Å². The predicted molar refractivity (Wildman–Crippen MR) is 87.9 cm³/mol. The molecule has 7 nitrogen and oxygen atoms in total. The van der Waals surface area contributed by atoms with Crippen molar-refractivity contribution in [2.24, 2.45) is 0 Å². The molecule has 0 radical (unpaired) electrons. The molecule has 0 aliphatic carbocycles. The van der Waals surface area contributed by atoms with Gasteiger partial charge in [-0.15, -0.1) is 0 Å². The van der Waals surface area contributed by atoms with Gasteiger partial charge in [-0.25, -0.2) is 19.9 Å². The summed E-state index contributed by atoms with van der Waals surface area (Å²) in [4.78, 5) is 33.4. The van der Waals surface area contributed by atoms with Crippen LogP contribution in [0, 0.1) is 5.95 Å². The van der Waals surface area contributed by atoms with Gasteiger partial charge in [-0.05, 0) is 6.07 Å². The summed E-state index contributed by atoms with van der Waals surface area (Å²) < 4.78 is 13.7. The molecular formula is C17H15FN6O. The molecule has 3 aromatic rings. The van der Waals surface area contributed by atoms with E-state index >= 15 is 0 Å². The molecule has 1 aliphatic rings. The van der Waals surface area contributed by atoms with Gasteiger partial charge < -0.3 is 4.98 Å². The summed E-state index contributed by atoms with van der Waals surface area (Å²) in [5, 5.41) is 0. The average molecular weight is 338 g/mol. The third-order valence-corrected chi connectivity index (χ3v) is 4.21. The van der Waals surface area contributed by atoms with Crippen LogP contribution in [0.1, 0.15) is 16.8 Å². The second kappa shape index (κ2) is 6.48. The second-order valence-electron chi connectivity index (χ2n) is 5.88. The molecule has 1 aliphatic heterocycles. The molecular weight excluding hydrogens is 323 g/mol. The summed E-state index contributed by atoms with van der Waals surface area (Å²) in [5.41, 5.74) is 2.40. The van der Waals surface area contributed by atoms with Crippen LogP contribution >= 0.6 is 0 Å². The van der Waals surface area contributed by atoms with E-state index in [1.165, 1.54) is 12.5 Å².